The Labute approximate surface area is 186 Å². The van der Waals surface area contributed by atoms with Crippen molar-refractivity contribution in [3.8, 4) is 5.75 Å². The van der Waals surface area contributed by atoms with Gasteiger partial charge in [-0.1, -0.05) is 0 Å². The van der Waals surface area contributed by atoms with Crippen LogP contribution in [0, 0.1) is 17.6 Å². The summed E-state index contributed by atoms with van der Waals surface area (Å²) in [5.41, 5.74) is 0.00406. The molecule has 2 aromatic rings. The molecular weight excluding hydrogens is 467 g/mol. The van der Waals surface area contributed by atoms with E-state index in [9.17, 15) is 31.2 Å². The number of benzene rings is 2. The smallest absolute Gasteiger partial charge is 0.409 e. The summed E-state index contributed by atoms with van der Waals surface area (Å²) in [6.45, 7) is -0.477. The van der Waals surface area contributed by atoms with Crippen molar-refractivity contribution in [1.82, 2.24) is 5.32 Å². The standard InChI is InChI=1S/C20H18F3N3O6S/c21-14-3-2-12(6-16(14)23)33(30,31)26-9-11(8-24-19(27)13-7-15(13)22)32-18-4-1-10(5-17(18)26)25-20(28)29/h1-6,11,13,15,25H,7-9H2,(H,24,27)(H,28,29)/t11?,13-,15-/m0/s1. The summed E-state index contributed by atoms with van der Waals surface area (Å²) < 4.78 is 73.4. The van der Waals surface area contributed by atoms with Gasteiger partial charge < -0.3 is 15.2 Å². The fourth-order valence-corrected chi connectivity index (χ4v) is 4.90. The van der Waals surface area contributed by atoms with Crippen LogP contribution in [-0.4, -0.2) is 50.9 Å². The molecule has 3 atom stereocenters. The average molecular weight is 485 g/mol. The first-order valence-electron chi connectivity index (χ1n) is 9.76. The lowest BCUT2D eigenvalue weighted by molar-refractivity contribution is -0.123. The third-order valence-corrected chi connectivity index (χ3v) is 6.95. The number of fused-ring (bicyclic) bond motifs is 1. The van der Waals surface area contributed by atoms with Crippen molar-refractivity contribution in [2.75, 3.05) is 22.7 Å². The van der Waals surface area contributed by atoms with E-state index in [1.165, 1.54) is 18.2 Å². The van der Waals surface area contributed by atoms with Crippen molar-refractivity contribution in [2.45, 2.75) is 23.6 Å². The number of hydrogen-bond donors (Lipinski definition) is 3. The summed E-state index contributed by atoms with van der Waals surface area (Å²) in [4.78, 5) is 22.4. The number of rotatable bonds is 6. The molecule has 1 aliphatic carbocycles. The number of carbonyl (C=O) groups excluding carboxylic acids is 1. The Morgan fingerprint density at radius 3 is 2.52 bits per heavy atom. The van der Waals surface area contributed by atoms with Gasteiger partial charge in [-0.05, 0) is 42.8 Å². The minimum absolute atomic E-state index is 0.0421. The first-order chi connectivity index (χ1) is 15.6. The number of halogens is 3. The molecule has 176 valence electrons. The molecule has 3 N–H and O–H groups in total. The fraction of sp³-hybridized carbons (Fsp3) is 0.300. The first-order valence-corrected chi connectivity index (χ1v) is 11.2. The monoisotopic (exact) mass is 485 g/mol. The Balaban J connectivity index is 1.66. The van der Waals surface area contributed by atoms with Crippen molar-refractivity contribution >= 4 is 33.4 Å². The Morgan fingerprint density at radius 2 is 1.88 bits per heavy atom. The van der Waals surface area contributed by atoms with E-state index in [0.29, 0.717) is 12.1 Å². The predicted octanol–water partition coefficient (Wildman–Crippen LogP) is 2.49. The number of nitrogens with zero attached hydrogens (tertiary/aromatic N) is 1. The maximum absolute atomic E-state index is 13.7. The molecule has 0 radical (unpaired) electrons. The Hall–Kier alpha value is -3.48. The second-order valence-electron chi connectivity index (χ2n) is 7.57. The Bertz CT molecular complexity index is 1230. The van der Waals surface area contributed by atoms with Crippen LogP contribution in [0.15, 0.2) is 41.3 Å². The van der Waals surface area contributed by atoms with E-state index >= 15 is 0 Å². The number of amides is 2. The maximum atomic E-state index is 13.7. The molecule has 13 heteroatoms. The van der Waals surface area contributed by atoms with Crippen LogP contribution >= 0.6 is 0 Å². The van der Waals surface area contributed by atoms with Gasteiger partial charge in [-0.15, -0.1) is 0 Å². The average Bonchev–Trinajstić information content (AvgIpc) is 3.49. The lowest BCUT2D eigenvalue weighted by atomic mass is 10.2. The molecular formula is C20H18F3N3O6S. The molecule has 9 nitrogen and oxygen atoms in total. The third kappa shape index (κ3) is 4.67. The molecule has 0 spiro atoms. The first kappa shape index (κ1) is 22.7. The van der Waals surface area contributed by atoms with Gasteiger partial charge in [0.15, 0.2) is 11.6 Å². The summed E-state index contributed by atoms with van der Waals surface area (Å²) >= 11 is 0. The van der Waals surface area contributed by atoms with E-state index in [4.69, 9.17) is 9.84 Å². The number of ether oxygens (including phenoxy) is 1. The number of sulfonamides is 1. The molecule has 1 saturated carbocycles. The number of alkyl halides is 1. The summed E-state index contributed by atoms with van der Waals surface area (Å²) in [6.07, 6.45) is -3.36. The highest BCUT2D eigenvalue weighted by molar-refractivity contribution is 7.92. The van der Waals surface area contributed by atoms with E-state index < -0.39 is 56.7 Å². The summed E-state index contributed by atoms with van der Waals surface area (Å²) in [7, 11) is -4.45. The van der Waals surface area contributed by atoms with Gasteiger partial charge in [-0.3, -0.25) is 14.4 Å². The molecule has 1 aliphatic heterocycles. The predicted molar refractivity (Wildman–Crippen MR) is 109 cm³/mol. The normalized spacial score (nSPS) is 21.5. The van der Waals surface area contributed by atoms with Crippen LogP contribution in [0.4, 0.5) is 29.3 Å². The highest BCUT2D eigenvalue weighted by Gasteiger charge is 2.44. The molecule has 0 aromatic heterocycles. The maximum Gasteiger partial charge on any atom is 0.409 e. The van der Waals surface area contributed by atoms with Crippen LogP contribution in [-0.2, 0) is 14.8 Å². The van der Waals surface area contributed by atoms with Gasteiger partial charge in [0, 0.05) is 5.69 Å². The molecule has 2 aliphatic rings. The molecule has 2 aromatic carbocycles. The van der Waals surface area contributed by atoms with Crippen molar-refractivity contribution < 1.29 is 41.0 Å². The zero-order chi connectivity index (χ0) is 23.9. The minimum atomic E-state index is -4.45. The number of anilines is 2. The van der Waals surface area contributed by atoms with E-state index in [1.54, 1.807) is 0 Å². The molecule has 1 heterocycles. The summed E-state index contributed by atoms with van der Waals surface area (Å²) in [6, 6.07) is 5.99. The van der Waals surface area contributed by atoms with Crippen LogP contribution in [0.2, 0.25) is 0 Å². The second kappa shape index (κ2) is 8.46. The SMILES string of the molecule is O=C(O)Nc1ccc2c(c1)N(S(=O)(=O)c1ccc(F)c(F)c1)CC(CNC(=O)[C@H]1C[C@@H]1F)O2. The highest BCUT2D eigenvalue weighted by Crippen LogP contribution is 2.39. The van der Waals surface area contributed by atoms with Gasteiger partial charge >= 0.3 is 6.09 Å². The van der Waals surface area contributed by atoms with Crippen LogP contribution < -0.4 is 19.7 Å². The van der Waals surface area contributed by atoms with E-state index in [0.717, 1.165) is 10.4 Å². The van der Waals surface area contributed by atoms with Gasteiger partial charge in [-0.25, -0.2) is 26.4 Å². The van der Waals surface area contributed by atoms with E-state index in [2.05, 4.69) is 10.6 Å². The Kier molecular flexibility index (Phi) is 5.82. The topological polar surface area (TPSA) is 125 Å². The van der Waals surface area contributed by atoms with Crippen molar-refractivity contribution in [3.63, 3.8) is 0 Å². The zero-order valence-corrected chi connectivity index (χ0v) is 17.6. The van der Waals surface area contributed by atoms with Crippen molar-refractivity contribution in [1.29, 1.82) is 0 Å². The molecule has 0 saturated heterocycles. The molecule has 33 heavy (non-hydrogen) atoms. The van der Waals surface area contributed by atoms with Crippen LogP contribution in [0.1, 0.15) is 6.42 Å². The number of hydrogen-bond acceptors (Lipinski definition) is 5. The minimum Gasteiger partial charge on any atom is -0.484 e. The lowest BCUT2D eigenvalue weighted by Gasteiger charge is -2.35. The largest absolute Gasteiger partial charge is 0.484 e. The highest BCUT2D eigenvalue weighted by atomic mass is 32.2. The van der Waals surface area contributed by atoms with Crippen LogP contribution in [0.3, 0.4) is 0 Å². The molecule has 4 rings (SSSR count). The van der Waals surface area contributed by atoms with Crippen LogP contribution in [0.5, 0.6) is 5.75 Å². The number of carbonyl (C=O) groups is 2. The Morgan fingerprint density at radius 1 is 1.15 bits per heavy atom. The van der Waals surface area contributed by atoms with E-state index in [1.807, 2.05) is 0 Å². The molecule has 2 amide bonds. The van der Waals surface area contributed by atoms with Gasteiger partial charge in [-0.2, -0.15) is 0 Å². The van der Waals surface area contributed by atoms with E-state index in [-0.39, 0.29) is 36.6 Å². The molecule has 1 unspecified atom stereocenters. The quantitative estimate of drug-likeness (QED) is 0.578. The second-order valence-corrected chi connectivity index (χ2v) is 9.43. The third-order valence-electron chi connectivity index (χ3n) is 5.17. The van der Waals surface area contributed by atoms with Gasteiger partial charge in [0.2, 0.25) is 5.91 Å². The molecule has 1 fully saturated rings. The van der Waals surface area contributed by atoms with Gasteiger partial charge in [0.25, 0.3) is 10.0 Å². The van der Waals surface area contributed by atoms with Gasteiger partial charge in [0.05, 0.1) is 29.6 Å². The molecule has 0 bridgehead atoms. The van der Waals surface area contributed by atoms with Crippen LogP contribution in [0.25, 0.3) is 0 Å². The van der Waals surface area contributed by atoms with Gasteiger partial charge in [0.1, 0.15) is 18.0 Å². The number of carboxylic acid groups (broad SMARTS) is 1. The lowest BCUT2D eigenvalue weighted by Crippen LogP contribution is -2.48. The summed E-state index contributed by atoms with van der Waals surface area (Å²) in [5, 5.41) is 13.6. The van der Waals surface area contributed by atoms with Crippen molar-refractivity contribution in [2.24, 2.45) is 5.92 Å². The zero-order valence-electron chi connectivity index (χ0n) is 16.8. The summed E-state index contributed by atoms with van der Waals surface area (Å²) in [5.74, 6) is -3.80. The fourth-order valence-electron chi connectivity index (χ4n) is 3.39. The number of nitrogens with one attached hydrogen (secondary N) is 2. The van der Waals surface area contributed by atoms with Crippen molar-refractivity contribution in [3.05, 3.63) is 48.0 Å².